The number of aliphatic imine (C=N–C) groups is 1. The van der Waals surface area contributed by atoms with Crippen molar-refractivity contribution in [3.8, 4) is 5.75 Å². The smallest absolute Gasteiger partial charge is 0.126 e. The highest BCUT2D eigenvalue weighted by Crippen LogP contribution is 2.27. The van der Waals surface area contributed by atoms with E-state index in [1.807, 2.05) is 55.5 Å². The normalized spacial score (nSPS) is 12.1. The van der Waals surface area contributed by atoms with Crippen LogP contribution in [0.25, 0.3) is 0 Å². The lowest BCUT2D eigenvalue weighted by Gasteiger charge is -2.09. The van der Waals surface area contributed by atoms with Gasteiger partial charge in [-0.15, -0.1) is 0 Å². The van der Waals surface area contributed by atoms with Crippen LogP contribution in [-0.2, 0) is 0 Å². The Labute approximate surface area is 165 Å². The quantitative estimate of drug-likeness (QED) is 0.206. The molecule has 0 unspecified atom stereocenters. The van der Waals surface area contributed by atoms with Crippen molar-refractivity contribution in [3.05, 3.63) is 102 Å². The molecule has 0 bridgehead atoms. The number of aryl methyl sites for hydroxylation is 2. The van der Waals surface area contributed by atoms with Crippen LogP contribution < -0.4 is 4.74 Å². The lowest BCUT2D eigenvalue weighted by atomic mass is 10.2. The van der Waals surface area contributed by atoms with E-state index in [2.05, 4.69) is 44.2 Å². The van der Waals surface area contributed by atoms with E-state index in [0.29, 0.717) is 0 Å². The van der Waals surface area contributed by atoms with Gasteiger partial charge in [-0.1, -0.05) is 59.8 Å². The van der Waals surface area contributed by atoms with Crippen molar-refractivity contribution in [2.24, 2.45) is 4.99 Å². The summed E-state index contributed by atoms with van der Waals surface area (Å²) >= 11 is 1.65. The molecule has 0 heterocycles. The van der Waals surface area contributed by atoms with Gasteiger partial charge < -0.3 is 4.74 Å². The second-order valence-electron chi connectivity index (χ2n) is 6.41. The molecule has 3 aromatic rings. The Morgan fingerprint density at radius 1 is 0.852 bits per heavy atom. The molecule has 0 radical (unpaired) electrons. The molecule has 0 aliphatic heterocycles. The Bertz CT molecular complexity index is 961. The van der Waals surface area contributed by atoms with Crippen LogP contribution in [0.15, 0.2) is 101 Å². The van der Waals surface area contributed by atoms with Crippen LogP contribution in [0, 0.1) is 13.8 Å². The molecule has 0 aliphatic rings. The fraction of sp³-hybridized carbons (Fsp3) is 0.125. The minimum absolute atomic E-state index is 0.828. The Morgan fingerprint density at radius 2 is 1.56 bits per heavy atom. The van der Waals surface area contributed by atoms with Gasteiger partial charge in [0.1, 0.15) is 10.8 Å². The number of nitrogens with zero attached hydrogens (tertiary/aromatic N) is 1. The van der Waals surface area contributed by atoms with E-state index in [1.165, 1.54) is 11.1 Å². The van der Waals surface area contributed by atoms with Gasteiger partial charge in [0, 0.05) is 10.5 Å². The zero-order valence-corrected chi connectivity index (χ0v) is 16.7. The maximum Gasteiger partial charge on any atom is 0.126 e. The number of benzene rings is 3. The standard InChI is InChI=1S/C24H23NOS/c1-18-9-7-13-22(15-18)26-17-20(3)24(25-21-11-5-4-6-12-21)27-23-14-8-10-19(2)16-23/h4-17H,1-3H3/b20-17?,25-24+. The highest BCUT2D eigenvalue weighted by molar-refractivity contribution is 8.14. The van der Waals surface area contributed by atoms with Crippen molar-refractivity contribution in [1.82, 2.24) is 0 Å². The third-order valence-electron chi connectivity index (χ3n) is 3.89. The van der Waals surface area contributed by atoms with Gasteiger partial charge in [-0.25, -0.2) is 4.99 Å². The van der Waals surface area contributed by atoms with E-state index in [0.717, 1.165) is 26.9 Å². The van der Waals surface area contributed by atoms with Crippen molar-refractivity contribution < 1.29 is 4.74 Å². The van der Waals surface area contributed by atoms with Crippen molar-refractivity contribution in [2.45, 2.75) is 25.7 Å². The highest BCUT2D eigenvalue weighted by atomic mass is 32.2. The predicted octanol–water partition coefficient (Wildman–Crippen LogP) is 7.11. The van der Waals surface area contributed by atoms with Gasteiger partial charge in [0.2, 0.25) is 0 Å². The molecule has 0 atom stereocenters. The van der Waals surface area contributed by atoms with Gasteiger partial charge in [0.25, 0.3) is 0 Å². The molecule has 0 aromatic heterocycles. The molecule has 2 nitrogen and oxygen atoms in total. The second kappa shape index (κ2) is 9.24. The number of rotatable bonds is 5. The average Bonchev–Trinajstić information content (AvgIpc) is 2.66. The van der Waals surface area contributed by atoms with E-state index in [9.17, 15) is 0 Å². The van der Waals surface area contributed by atoms with E-state index in [-0.39, 0.29) is 0 Å². The van der Waals surface area contributed by atoms with E-state index >= 15 is 0 Å². The van der Waals surface area contributed by atoms with Gasteiger partial charge in [0.05, 0.1) is 11.9 Å². The van der Waals surface area contributed by atoms with Gasteiger partial charge in [0.15, 0.2) is 0 Å². The third kappa shape index (κ3) is 5.87. The van der Waals surface area contributed by atoms with Crippen LogP contribution in [-0.4, -0.2) is 5.04 Å². The first-order chi connectivity index (χ1) is 13.1. The molecule has 0 saturated carbocycles. The molecule has 136 valence electrons. The molecule has 3 rings (SSSR count). The third-order valence-corrected chi connectivity index (χ3v) is 4.99. The first-order valence-corrected chi connectivity index (χ1v) is 9.70. The largest absolute Gasteiger partial charge is 0.465 e. The van der Waals surface area contributed by atoms with E-state index in [4.69, 9.17) is 9.73 Å². The fourth-order valence-corrected chi connectivity index (χ4v) is 3.47. The number of ether oxygens (including phenoxy) is 1. The maximum atomic E-state index is 5.87. The SMILES string of the molecule is CC(=COc1cccc(C)c1)/C(=N\c1ccccc1)Sc1cccc(C)c1. The fourth-order valence-electron chi connectivity index (χ4n) is 2.50. The Hall–Kier alpha value is -2.78. The zero-order chi connectivity index (χ0) is 19.1. The molecule has 3 heteroatoms. The predicted molar refractivity (Wildman–Crippen MR) is 116 cm³/mol. The van der Waals surface area contributed by atoms with Crippen molar-refractivity contribution in [2.75, 3.05) is 0 Å². The van der Waals surface area contributed by atoms with Crippen LogP contribution >= 0.6 is 11.8 Å². The first-order valence-electron chi connectivity index (χ1n) is 8.89. The Kier molecular flexibility index (Phi) is 6.50. The van der Waals surface area contributed by atoms with E-state index < -0.39 is 0 Å². The molecule has 27 heavy (non-hydrogen) atoms. The number of hydrogen-bond acceptors (Lipinski definition) is 3. The number of hydrogen-bond donors (Lipinski definition) is 0. The van der Waals surface area contributed by atoms with Crippen LogP contribution in [0.3, 0.4) is 0 Å². The monoisotopic (exact) mass is 373 g/mol. The zero-order valence-electron chi connectivity index (χ0n) is 15.8. The van der Waals surface area contributed by atoms with Gasteiger partial charge in [-0.2, -0.15) is 0 Å². The summed E-state index contributed by atoms with van der Waals surface area (Å²) in [5.41, 5.74) is 4.31. The van der Waals surface area contributed by atoms with Gasteiger partial charge in [-0.05, 0) is 62.7 Å². The van der Waals surface area contributed by atoms with Crippen molar-refractivity contribution in [1.29, 1.82) is 0 Å². The van der Waals surface area contributed by atoms with Gasteiger partial charge in [-0.3, -0.25) is 0 Å². The summed E-state index contributed by atoms with van der Waals surface area (Å²) in [6, 6.07) is 26.5. The first kappa shape index (κ1) is 19.0. The topological polar surface area (TPSA) is 21.6 Å². The summed E-state index contributed by atoms with van der Waals surface area (Å²) in [4.78, 5) is 6.00. The number of para-hydroxylation sites is 1. The summed E-state index contributed by atoms with van der Waals surface area (Å²) in [6.45, 7) is 6.18. The summed E-state index contributed by atoms with van der Waals surface area (Å²) in [5.74, 6) is 0.828. The van der Waals surface area contributed by atoms with Gasteiger partial charge >= 0.3 is 0 Å². The minimum atomic E-state index is 0.828. The molecule has 3 aromatic carbocycles. The molecule has 0 aliphatic carbocycles. The van der Waals surface area contributed by atoms with Crippen LogP contribution in [0.2, 0.25) is 0 Å². The van der Waals surface area contributed by atoms with Crippen LogP contribution in [0.1, 0.15) is 18.1 Å². The lowest BCUT2D eigenvalue weighted by molar-refractivity contribution is 0.478. The average molecular weight is 374 g/mol. The molecule has 0 N–H and O–H groups in total. The molecule has 0 spiro atoms. The summed E-state index contributed by atoms with van der Waals surface area (Å²) < 4.78 is 5.87. The second-order valence-corrected chi connectivity index (χ2v) is 7.47. The molecular weight excluding hydrogens is 350 g/mol. The summed E-state index contributed by atoms with van der Waals surface area (Å²) in [7, 11) is 0. The molecule has 0 fully saturated rings. The summed E-state index contributed by atoms with van der Waals surface area (Å²) in [5, 5.41) is 0.916. The van der Waals surface area contributed by atoms with Crippen molar-refractivity contribution in [3.63, 3.8) is 0 Å². The van der Waals surface area contributed by atoms with Crippen LogP contribution in [0.5, 0.6) is 5.75 Å². The summed E-state index contributed by atoms with van der Waals surface area (Å²) in [6.07, 6.45) is 1.78. The van der Waals surface area contributed by atoms with Crippen molar-refractivity contribution >= 4 is 22.5 Å². The molecule has 0 amide bonds. The van der Waals surface area contributed by atoms with Crippen LogP contribution in [0.4, 0.5) is 5.69 Å². The molecular formula is C24H23NOS. The molecule has 0 saturated heterocycles. The minimum Gasteiger partial charge on any atom is -0.465 e. The Balaban J connectivity index is 1.88. The van der Waals surface area contributed by atoms with E-state index in [1.54, 1.807) is 18.0 Å². The number of thioether (sulfide) groups is 1. The maximum absolute atomic E-state index is 5.87. The highest BCUT2D eigenvalue weighted by Gasteiger charge is 2.08. The Morgan fingerprint density at radius 3 is 2.26 bits per heavy atom. The lowest BCUT2D eigenvalue weighted by Crippen LogP contribution is -1.97.